The third-order valence-corrected chi connectivity index (χ3v) is 5.58. The molecule has 1 aliphatic carbocycles. The molecule has 162 valence electrons. The zero-order valence-corrected chi connectivity index (χ0v) is 17.5. The molecule has 0 saturated heterocycles. The molecule has 1 aromatic carbocycles. The van der Waals surface area contributed by atoms with Crippen LogP contribution in [-0.2, 0) is 9.53 Å². The van der Waals surface area contributed by atoms with E-state index in [-0.39, 0.29) is 29.0 Å². The minimum absolute atomic E-state index is 0.125. The fourth-order valence-corrected chi connectivity index (χ4v) is 3.87. The molecule has 2 heterocycles. The Morgan fingerprint density at radius 3 is 2.61 bits per heavy atom. The van der Waals surface area contributed by atoms with Gasteiger partial charge in [-0.05, 0) is 57.0 Å². The maximum atomic E-state index is 13.3. The van der Waals surface area contributed by atoms with Crippen molar-refractivity contribution in [2.75, 3.05) is 0 Å². The van der Waals surface area contributed by atoms with Crippen LogP contribution >= 0.6 is 0 Å². The Kier molecular flexibility index (Phi) is 5.97. The number of pyridine rings is 1. The molecule has 0 bridgehead atoms. The molecule has 0 spiro atoms. The molecule has 1 unspecified atom stereocenters. The number of carbonyl (C=O) groups excluding carboxylic acids is 2. The summed E-state index contributed by atoms with van der Waals surface area (Å²) < 4.78 is 24.0. The van der Waals surface area contributed by atoms with Gasteiger partial charge in [-0.1, -0.05) is 24.4 Å². The monoisotopic (exact) mass is 425 g/mol. The van der Waals surface area contributed by atoms with Gasteiger partial charge in [-0.2, -0.15) is 0 Å². The molecule has 1 atom stereocenters. The van der Waals surface area contributed by atoms with E-state index in [1.54, 1.807) is 32.0 Å². The van der Waals surface area contributed by atoms with Gasteiger partial charge in [0.1, 0.15) is 5.82 Å². The first-order valence-corrected chi connectivity index (χ1v) is 10.5. The second kappa shape index (κ2) is 8.83. The molecule has 31 heavy (non-hydrogen) atoms. The number of nitrogens with zero attached hydrogens (tertiary/aromatic N) is 2. The smallest absolute Gasteiger partial charge is 0.339 e. The third-order valence-electron chi connectivity index (χ3n) is 5.58. The Balaban J connectivity index is 1.58. The maximum Gasteiger partial charge on any atom is 0.339 e. The number of aromatic nitrogens is 2. The van der Waals surface area contributed by atoms with E-state index in [1.165, 1.54) is 18.6 Å². The van der Waals surface area contributed by atoms with Crippen molar-refractivity contribution in [3.8, 4) is 11.3 Å². The van der Waals surface area contributed by atoms with Gasteiger partial charge in [-0.15, -0.1) is 0 Å². The van der Waals surface area contributed by atoms with Gasteiger partial charge in [-0.25, -0.2) is 14.2 Å². The van der Waals surface area contributed by atoms with E-state index in [1.807, 2.05) is 0 Å². The predicted octanol–water partition coefficient (Wildman–Crippen LogP) is 4.33. The zero-order valence-electron chi connectivity index (χ0n) is 17.5. The summed E-state index contributed by atoms with van der Waals surface area (Å²) in [4.78, 5) is 29.9. The standard InChI is InChI=1S/C23H24FN3O4/c1-13-20-18(23(29)30-14(2)21(28)25-17-6-4-3-5-7-17)12-19(26-22(20)31-27-13)15-8-10-16(24)11-9-15/h8-12,14,17H,3-7H2,1-2H3,(H,25,28). The third kappa shape index (κ3) is 4.57. The molecular formula is C23H24FN3O4. The molecule has 4 rings (SSSR count). The van der Waals surface area contributed by atoms with Crippen LogP contribution in [0.3, 0.4) is 0 Å². The first-order chi connectivity index (χ1) is 14.9. The number of esters is 1. The van der Waals surface area contributed by atoms with Gasteiger partial charge in [0.25, 0.3) is 11.6 Å². The first-order valence-electron chi connectivity index (χ1n) is 10.5. The summed E-state index contributed by atoms with van der Waals surface area (Å²) in [6.07, 6.45) is 4.30. The molecule has 1 saturated carbocycles. The average Bonchev–Trinajstić information content (AvgIpc) is 3.15. The molecule has 3 aromatic rings. The molecule has 1 aliphatic rings. The normalized spacial score (nSPS) is 15.6. The highest BCUT2D eigenvalue weighted by Gasteiger charge is 2.26. The van der Waals surface area contributed by atoms with E-state index >= 15 is 0 Å². The number of carbonyl (C=O) groups is 2. The Labute approximate surface area is 179 Å². The lowest BCUT2D eigenvalue weighted by atomic mass is 9.95. The Morgan fingerprint density at radius 2 is 1.90 bits per heavy atom. The minimum Gasteiger partial charge on any atom is -0.449 e. The lowest BCUT2D eigenvalue weighted by Gasteiger charge is -2.24. The van der Waals surface area contributed by atoms with Crippen molar-refractivity contribution >= 4 is 23.0 Å². The molecule has 1 fully saturated rings. The van der Waals surface area contributed by atoms with Crippen LogP contribution in [-0.4, -0.2) is 34.2 Å². The van der Waals surface area contributed by atoms with Crippen molar-refractivity contribution < 1.29 is 23.2 Å². The largest absolute Gasteiger partial charge is 0.449 e. The van der Waals surface area contributed by atoms with Gasteiger partial charge in [0, 0.05) is 11.6 Å². The van der Waals surface area contributed by atoms with Crippen molar-refractivity contribution in [2.24, 2.45) is 0 Å². The molecule has 1 N–H and O–H groups in total. The molecule has 8 heteroatoms. The highest BCUT2D eigenvalue weighted by molar-refractivity contribution is 6.05. The number of amides is 1. The van der Waals surface area contributed by atoms with E-state index in [2.05, 4.69) is 15.5 Å². The molecule has 0 aliphatic heterocycles. The number of rotatable bonds is 5. The van der Waals surface area contributed by atoms with Crippen LogP contribution in [0.2, 0.25) is 0 Å². The van der Waals surface area contributed by atoms with Gasteiger partial charge in [-0.3, -0.25) is 4.79 Å². The van der Waals surface area contributed by atoms with E-state index in [0.29, 0.717) is 22.3 Å². The Hall–Kier alpha value is -3.29. The van der Waals surface area contributed by atoms with Crippen LogP contribution in [0.15, 0.2) is 34.9 Å². The zero-order chi connectivity index (χ0) is 22.0. The SMILES string of the molecule is Cc1noc2nc(-c3ccc(F)cc3)cc(C(=O)OC(C)C(=O)NC3CCCCC3)c12. The summed E-state index contributed by atoms with van der Waals surface area (Å²) in [7, 11) is 0. The topological polar surface area (TPSA) is 94.3 Å². The fraction of sp³-hybridized carbons (Fsp3) is 0.391. The van der Waals surface area contributed by atoms with Crippen LogP contribution < -0.4 is 5.32 Å². The van der Waals surface area contributed by atoms with Crippen LogP contribution in [0.5, 0.6) is 0 Å². The number of fused-ring (bicyclic) bond motifs is 1. The van der Waals surface area contributed by atoms with Gasteiger partial charge in [0.05, 0.1) is 22.3 Å². The molecular weight excluding hydrogens is 401 g/mol. The lowest BCUT2D eigenvalue weighted by Crippen LogP contribution is -2.42. The van der Waals surface area contributed by atoms with E-state index in [0.717, 1.165) is 25.7 Å². The first kappa shape index (κ1) is 21.0. The van der Waals surface area contributed by atoms with Crippen LogP contribution in [0.25, 0.3) is 22.4 Å². The summed E-state index contributed by atoms with van der Waals surface area (Å²) in [5, 5.41) is 7.29. The average molecular weight is 425 g/mol. The minimum atomic E-state index is -0.952. The van der Waals surface area contributed by atoms with E-state index in [4.69, 9.17) is 9.26 Å². The summed E-state index contributed by atoms with van der Waals surface area (Å²) in [5.41, 5.74) is 1.87. The quantitative estimate of drug-likeness (QED) is 0.612. The number of benzene rings is 1. The predicted molar refractivity (Wildman–Crippen MR) is 112 cm³/mol. The second-order valence-corrected chi connectivity index (χ2v) is 7.90. The maximum absolute atomic E-state index is 13.3. The van der Waals surface area contributed by atoms with Crippen molar-refractivity contribution in [3.63, 3.8) is 0 Å². The molecule has 2 aromatic heterocycles. The second-order valence-electron chi connectivity index (χ2n) is 7.90. The summed E-state index contributed by atoms with van der Waals surface area (Å²) in [6, 6.07) is 7.41. The Morgan fingerprint density at radius 1 is 1.19 bits per heavy atom. The highest BCUT2D eigenvalue weighted by atomic mass is 19.1. The van der Waals surface area contributed by atoms with Crippen molar-refractivity contribution in [1.82, 2.24) is 15.5 Å². The van der Waals surface area contributed by atoms with Gasteiger partial charge < -0.3 is 14.6 Å². The summed E-state index contributed by atoms with van der Waals surface area (Å²) in [6.45, 7) is 3.25. The number of hydrogen-bond donors (Lipinski definition) is 1. The van der Waals surface area contributed by atoms with Crippen molar-refractivity contribution in [1.29, 1.82) is 0 Å². The number of nitrogens with one attached hydrogen (secondary N) is 1. The van der Waals surface area contributed by atoms with Gasteiger partial charge in [0.2, 0.25) is 0 Å². The Bertz CT molecular complexity index is 1100. The molecule has 1 amide bonds. The lowest BCUT2D eigenvalue weighted by molar-refractivity contribution is -0.130. The van der Waals surface area contributed by atoms with E-state index < -0.39 is 12.1 Å². The van der Waals surface area contributed by atoms with Gasteiger partial charge in [0.15, 0.2) is 6.10 Å². The van der Waals surface area contributed by atoms with Crippen LogP contribution in [0.1, 0.15) is 55.1 Å². The van der Waals surface area contributed by atoms with Gasteiger partial charge >= 0.3 is 5.97 Å². The highest BCUT2D eigenvalue weighted by Crippen LogP contribution is 2.28. The van der Waals surface area contributed by atoms with Crippen LogP contribution in [0, 0.1) is 12.7 Å². The molecule has 7 nitrogen and oxygen atoms in total. The number of hydrogen-bond acceptors (Lipinski definition) is 6. The fourth-order valence-electron chi connectivity index (χ4n) is 3.87. The van der Waals surface area contributed by atoms with Crippen molar-refractivity contribution in [3.05, 3.63) is 47.4 Å². The summed E-state index contributed by atoms with van der Waals surface area (Å²) >= 11 is 0. The number of halogens is 1. The van der Waals surface area contributed by atoms with Crippen molar-refractivity contribution in [2.45, 2.75) is 58.1 Å². The van der Waals surface area contributed by atoms with Crippen LogP contribution in [0.4, 0.5) is 4.39 Å². The number of ether oxygens (including phenoxy) is 1. The summed E-state index contributed by atoms with van der Waals surface area (Å²) in [5.74, 6) is -1.36. The number of aryl methyl sites for hydroxylation is 1. The molecule has 0 radical (unpaired) electrons. The van der Waals surface area contributed by atoms with E-state index in [9.17, 15) is 14.0 Å².